The van der Waals surface area contributed by atoms with Crippen molar-refractivity contribution >= 4 is 32.5 Å². The van der Waals surface area contributed by atoms with Crippen molar-refractivity contribution in [3.05, 3.63) is 59.5 Å². The topological polar surface area (TPSA) is 59.7 Å². The fourth-order valence-corrected chi connectivity index (χ4v) is 7.72. The number of nitrogens with one attached hydrogen (secondary N) is 1. The van der Waals surface area contributed by atoms with E-state index < -0.39 is 10.2 Å². The molecule has 174 valence electrons. The van der Waals surface area contributed by atoms with Crippen LogP contribution in [0.15, 0.2) is 42.6 Å². The summed E-state index contributed by atoms with van der Waals surface area (Å²) in [5.74, 6) is -0.280. The molecule has 6 nitrogen and oxygen atoms in total. The summed E-state index contributed by atoms with van der Waals surface area (Å²) in [5, 5.41) is 0.827. The lowest BCUT2D eigenvalue weighted by Gasteiger charge is -2.34. The fourth-order valence-electron chi connectivity index (χ4n) is 5.80. The first kappa shape index (κ1) is 21.0. The molecule has 1 N–H and O–H groups in total. The number of halogens is 1. The highest BCUT2D eigenvalue weighted by atomic mass is 32.2. The lowest BCUT2D eigenvalue weighted by Crippen LogP contribution is -2.48. The number of hydrogen-bond donors (Lipinski definition) is 1. The Hall–Kier alpha value is -2.58. The van der Waals surface area contributed by atoms with E-state index in [2.05, 4.69) is 9.88 Å². The molecule has 1 saturated heterocycles. The van der Waals surface area contributed by atoms with Crippen LogP contribution >= 0.6 is 0 Å². The van der Waals surface area contributed by atoms with E-state index in [0.29, 0.717) is 13.0 Å². The number of benzene rings is 2. The van der Waals surface area contributed by atoms with Gasteiger partial charge in [0, 0.05) is 30.2 Å². The number of para-hydroxylation sites is 1. The Bertz CT molecular complexity index is 1300. The molecule has 0 aliphatic carbocycles. The van der Waals surface area contributed by atoms with Gasteiger partial charge in [-0.05, 0) is 80.6 Å². The van der Waals surface area contributed by atoms with Crippen molar-refractivity contribution in [1.82, 2.24) is 9.88 Å². The Balaban J connectivity index is 1.33. The minimum atomic E-state index is -3.67. The smallest absolute Gasteiger partial charge is 0.326 e. The minimum Gasteiger partial charge on any atom is -0.361 e. The highest BCUT2D eigenvalue weighted by molar-refractivity contribution is 7.94. The maximum absolute atomic E-state index is 13.9. The van der Waals surface area contributed by atoms with E-state index in [0.717, 1.165) is 65.9 Å². The van der Waals surface area contributed by atoms with Crippen LogP contribution in [0.5, 0.6) is 0 Å². The maximum atomic E-state index is 13.9. The van der Waals surface area contributed by atoms with E-state index in [9.17, 15) is 12.8 Å². The molecule has 1 unspecified atom stereocenters. The van der Waals surface area contributed by atoms with Gasteiger partial charge in [-0.25, -0.2) is 13.0 Å². The number of H-pyrrole nitrogens is 1. The summed E-state index contributed by atoms with van der Waals surface area (Å²) in [6, 6.07) is 10.5. The number of nitrogens with zero attached hydrogens (tertiary/aromatic N) is 3. The standard InChI is InChI=1S/C25H29FN4O2S/c26-20-8-10-23-22(16-20)19(17-27-23)15-21-9-7-18-5-4-6-24-25(18)30(21)33(31,32)29(24)14-13-28-11-2-1-3-12-28/h4-6,8,10,16-17,21,27H,1-3,7,9,11-15H2. The van der Waals surface area contributed by atoms with Gasteiger partial charge >= 0.3 is 10.2 Å². The summed E-state index contributed by atoms with van der Waals surface area (Å²) in [5.41, 5.74) is 4.57. The molecule has 1 aromatic heterocycles. The molecule has 0 spiro atoms. The predicted octanol–water partition coefficient (Wildman–Crippen LogP) is 4.22. The van der Waals surface area contributed by atoms with Gasteiger partial charge in [0.05, 0.1) is 17.4 Å². The second-order valence-electron chi connectivity index (χ2n) is 9.46. The zero-order chi connectivity index (χ0) is 22.6. The Kier molecular flexibility index (Phi) is 5.10. The first-order chi connectivity index (χ1) is 16.0. The molecular formula is C25H29FN4O2S. The third-order valence-electron chi connectivity index (χ3n) is 7.45. The van der Waals surface area contributed by atoms with Gasteiger partial charge in [0.2, 0.25) is 0 Å². The maximum Gasteiger partial charge on any atom is 0.326 e. The molecule has 2 aromatic carbocycles. The molecule has 3 aromatic rings. The van der Waals surface area contributed by atoms with Crippen molar-refractivity contribution in [2.75, 3.05) is 34.8 Å². The van der Waals surface area contributed by atoms with Crippen LogP contribution in [0.25, 0.3) is 10.9 Å². The van der Waals surface area contributed by atoms with Crippen molar-refractivity contribution in [2.45, 2.75) is 44.6 Å². The molecule has 0 amide bonds. The average Bonchev–Trinajstić information content (AvgIpc) is 3.31. The molecule has 3 aliphatic heterocycles. The summed E-state index contributed by atoms with van der Waals surface area (Å²) < 4.78 is 44.9. The van der Waals surface area contributed by atoms with Gasteiger partial charge in [0.25, 0.3) is 0 Å². The Morgan fingerprint density at radius 3 is 2.76 bits per heavy atom. The van der Waals surface area contributed by atoms with E-state index >= 15 is 0 Å². The lowest BCUT2D eigenvalue weighted by molar-refractivity contribution is 0.235. The van der Waals surface area contributed by atoms with E-state index in [1.54, 1.807) is 14.7 Å². The number of anilines is 2. The third-order valence-corrected chi connectivity index (χ3v) is 9.36. The van der Waals surface area contributed by atoms with E-state index in [-0.39, 0.29) is 11.9 Å². The minimum absolute atomic E-state index is 0.189. The summed E-state index contributed by atoms with van der Waals surface area (Å²) in [6.07, 6.45) is 7.67. The van der Waals surface area contributed by atoms with E-state index in [1.807, 2.05) is 24.4 Å². The second kappa shape index (κ2) is 8.02. The van der Waals surface area contributed by atoms with Gasteiger partial charge < -0.3 is 9.88 Å². The SMILES string of the molecule is O=S1(=O)N(CCN2CCCCC2)c2cccc3c2N1C(Cc1c[nH]c2ccc(F)cc12)CC3. The zero-order valence-electron chi connectivity index (χ0n) is 18.6. The van der Waals surface area contributed by atoms with Crippen LogP contribution in [-0.4, -0.2) is 50.5 Å². The summed E-state index contributed by atoms with van der Waals surface area (Å²) >= 11 is 0. The summed E-state index contributed by atoms with van der Waals surface area (Å²) in [6.45, 7) is 3.32. The van der Waals surface area contributed by atoms with E-state index in [4.69, 9.17) is 0 Å². The highest BCUT2D eigenvalue weighted by Gasteiger charge is 2.47. The van der Waals surface area contributed by atoms with Gasteiger partial charge in [0.1, 0.15) is 5.82 Å². The van der Waals surface area contributed by atoms with Crippen LogP contribution in [-0.2, 0) is 23.1 Å². The molecule has 0 radical (unpaired) electrons. The van der Waals surface area contributed by atoms with Gasteiger partial charge in [-0.2, -0.15) is 8.42 Å². The van der Waals surface area contributed by atoms with Crippen molar-refractivity contribution in [1.29, 1.82) is 0 Å². The number of likely N-dealkylation sites (tertiary alicyclic amines) is 1. The number of aryl methyl sites for hydroxylation is 1. The quantitative estimate of drug-likeness (QED) is 0.610. The molecule has 0 bridgehead atoms. The van der Waals surface area contributed by atoms with E-state index in [1.165, 1.54) is 31.4 Å². The normalized spacial score (nSPS) is 22.2. The van der Waals surface area contributed by atoms with Crippen LogP contribution in [0.2, 0.25) is 0 Å². The molecular weight excluding hydrogens is 439 g/mol. The van der Waals surface area contributed by atoms with Crippen LogP contribution in [0, 0.1) is 5.82 Å². The van der Waals surface area contributed by atoms with Gasteiger partial charge in [-0.3, -0.25) is 0 Å². The molecule has 1 atom stereocenters. The van der Waals surface area contributed by atoms with Crippen molar-refractivity contribution in [2.24, 2.45) is 0 Å². The van der Waals surface area contributed by atoms with Crippen LogP contribution < -0.4 is 8.61 Å². The molecule has 4 heterocycles. The highest BCUT2D eigenvalue weighted by Crippen LogP contribution is 2.48. The number of rotatable bonds is 5. The molecule has 33 heavy (non-hydrogen) atoms. The summed E-state index contributed by atoms with van der Waals surface area (Å²) in [7, 11) is -3.67. The lowest BCUT2D eigenvalue weighted by atomic mass is 9.93. The molecule has 3 aliphatic rings. The first-order valence-electron chi connectivity index (χ1n) is 11.9. The number of aromatic amines is 1. The zero-order valence-corrected chi connectivity index (χ0v) is 19.5. The predicted molar refractivity (Wildman–Crippen MR) is 130 cm³/mol. The van der Waals surface area contributed by atoms with Crippen molar-refractivity contribution in [3.8, 4) is 0 Å². The van der Waals surface area contributed by atoms with Crippen LogP contribution in [0.4, 0.5) is 15.8 Å². The molecule has 8 heteroatoms. The number of fused-ring (bicyclic) bond motifs is 1. The first-order valence-corrected chi connectivity index (χ1v) is 13.3. The van der Waals surface area contributed by atoms with Crippen LogP contribution in [0.3, 0.4) is 0 Å². The van der Waals surface area contributed by atoms with Crippen molar-refractivity contribution < 1.29 is 12.8 Å². The number of aromatic nitrogens is 1. The number of piperidine rings is 1. The summed E-state index contributed by atoms with van der Waals surface area (Å²) in [4.78, 5) is 5.58. The average molecular weight is 469 g/mol. The number of hydrogen-bond acceptors (Lipinski definition) is 3. The Labute approximate surface area is 194 Å². The third kappa shape index (κ3) is 3.51. The monoisotopic (exact) mass is 468 g/mol. The molecule has 1 fully saturated rings. The van der Waals surface area contributed by atoms with Gasteiger partial charge in [-0.1, -0.05) is 18.6 Å². The fraction of sp³-hybridized carbons (Fsp3) is 0.440. The largest absolute Gasteiger partial charge is 0.361 e. The second-order valence-corrected chi connectivity index (χ2v) is 11.2. The van der Waals surface area contributed by atoms with Gasteiger partial charge in [0.15, 0.2) is 0 Å². The Morgan fingerprint density at radius 1 is 1.06 bits per heavy atom. The molecule has 0 saturated carbocycles. The van der Waals surface area contributed by atoms with Gasteiger partial charge in [-0.15, -0.1) is 0 Å². The Morgan fingerprint density at radius 2 is 1.91 bits per heavy atom. The van der Waals surface area contributed by atoms with Crippen LogP contribution in [0.1, 0.15) is 36.8 Å². The molecule has 6 rings (SSSR count). The van der Waals surface area contributed by atoms with Crippen molar-refractivity contribution in [3.63, 3.8) is 0 Å².